The van der Waals surface area contributed by atoms with Gasteiger partial charge in [-0.2, -0.15) is 0 Å². The summed E-state index contributed by atoms with van der Waals surface area (Å²) in [4.78, 5) is 24.1. The van der Waals surface area contributed by atoms with E-state index in [1.807, 2.05) is 36.7 Å². The van der Waals surface area contributed by atoms with Crippen LogP contribution in [0.15, 0.2) is 140 Å². The topological polar surface area (TPSA) is 64.5 Å². The summed E-state index contributed by atoms with van der Waals surface area (Å²) >= 11 is 0. The van der Waals surface area contributed by atoms with Gasteiger partial charge in [-0.3, -0.25) is 9.97 Å². The molecule has 0 bridgehead atoms. The first-order valence-corrected chi connectivity index (χ1v) is 15.1. The lowest BCUT2D eigenvalue weighted by atomic mass is 9.82. The second-order valence-electron chi connectivity index (χ2n) is 11.8. The summed E-state index contributed by atoms with van der Waals surface area (Å²) in [6.45, 7) is 4.58. The molecule has 0 amide bonds. The Morgan fingerprint density at radius 2 is 0.911 bits per heavy atom. The summed E-state index contributed by atoms with van der Waals surface area (Å²) < 4.78 is 0. The second-order valence-corrected chi connectivity index (χ2v) is 11.8. The van der Waals surface area contributed by atoms with E-state index in [0.717, 1.165) is 38.9 Å². The van der Waals surface area contributed by atoms with E-state index in [2.05, 4.69) is 115 Å². The molecule has 0 N–H and O–H groups in total. The lowest BCUT2D eigenvalue weighted by molar-refractivity contribution is 0.660. The van der Waals surface area contributed by atoms with E-state index >= 15 is 0 Å². The van der Waals surface area contributed by atoms with Gasteiger partial charge in [-0.05, 0) is 57.6 Å². The van der Waals surface area contributed by atoms with Gasteiger partial charge in [-0.25, -0.2) is 15.0 Å². The van der Waals surface area contributed by atoms with Gasteiger partial charge in [0.15, 0.2) is 17.5 Å². The summed E-state index contributed by atoms with van der Waals surface area (Å²) in [5.41, 5.74) is 11.9. The minimum atomic E-state index is -0.128. The molecular weight excluding hydrogens is 550 g/mol. The van der Waals surface area contributed by atoms with Gasteiger partial charge in [0.2, 0.25) is 0 Å². The summed E-state index contributed by atoms with van der Waals surface area (Å²) in [6.07, 6.45) is 7.32. The molecule has 0 atom stereocenters. The molecule has 5 heteroatoms. The Labute approximate surface area is 262 Å². The monoisotopic (exact) mass is 579 g/mol. The molecule has 8 rings (SSSR count). The number of fused-ring (bicyclic) bond motifs is 3. The van der Waals surface area contributed by atoms with Gasteiger partial charge < -0.3 is 0 Å². The molecule has 0 spiro atoms. The second kappa shape index (κ2) is 10.7. The highest BCUT2D eigenvalue weighted by atomic mass is 15.0. The zero-order valence-corrected chi connectivity index (χ0v) is 25.0. The van der Waals surface area contributed by atoms with E-state index in [0.29, 0.717) is 17.5 Å². The Balaban J connectivity index is 1.35. The molecule has 4 aromatic carbocycles. The van der Waals surface area contributed by atoms with Crippen LogP contribution in [-0.2, 0) is 5.41 Å². The average molecular weight is 580 g/mol. The summed E-state index contributed by atoms with van der Waals surface area (Å²) in [5, 5.41) is 0. The molecule has 0 unspecified atom stereocenters. The fraction of sp³-hybridized carbons (Fsp3) is 0.0750. The van der Waals surface area contributed by atoms with E-state index in [1.165, 1.54) is 22.3 Å². The number of benzene rings is 4. The standard InChI is InChI=1S/C40H29N5/c1-40(2)34-18-4-3-16-32(34)36-33(17-7-19-35(36)40)39-44-37(28-12-5-10-26(22-28)30-14-8-20-41-24-30)43-38(45-39)29-13-6-11-27(23-29)31-15-9-21-42-25-31/h3-25H,1-2H3. The van der Waals surface area contributed by atoms with Crippen LogP contribution in [-0.4, -0.2) is 24.9 Å². The molecule has 1 aliphatic rings. The minimum absolute atomic E-state index is 0.128. The van der Waals surface area contributed by atoms with E-state index in [4.69, 9.17) is 15.0 Å². The predicted octanol–water partition coefficient (Wildman–Crippen LogP) is 9.30. The predicted molar refractivity (Wildman–Crippen MR) is 180 cm³/mol. The fourth-order valence-corrected chi connectivity index (χ4v) is 6.44. The largest absolute Gasteiger partial charge is 0.264 e. The molecular formula is C40H29N5. The zero-order chi connectivity index (χ0) is 30.4. The van der Waals surface area contributed by atoms with Crippen LogP contribution in [0.5, 0.6) is 0 Å². The smallest absolute Gasteiger partial charge is 0.164 e. The molecule has 0 aliphatic heterocycles. The van der Waals surface area contributed by atoms with E-state index in [1.54, 1.807) is 12.4 Å². The van der Waals surface area contributed by atoms with Gasteiger partial charge in [0, 0.05) is 58.0 Å². The van der Waals surface area contributed by atoms with Crippen molar-refractivity contribution in [2.45, 2.75) is 19.3 Å². The first-order valence-electron chi connectivity index (χ1n) is 15.1. The van der Waals surface area contributed by atoms with Gasteiger partial charge in [-0.15, -0.1) is 0 Å². The third-order valence-corrected chi connectivity index (χ3v) is 8.72. The zero-order valence-electron chi connectivity index (χ0n) is 25.0. The van der Waals surface area contributed by atoms with Crippen molar-refractivity contribution in [3.05, 3.63) is 151 Å². The fourth-order valence-electron chi connectivity index (χ4n) is 6.44. The number of aromatic nitrogens is 5. The maximum atomic E-state index is 5.17. The summed E-state index contributed by atoms with van der Waals surface area (Å²) in [6, 6.07) is 39.8. The molecule has 0 saturated heterocycles. The highest BCUT2D eigenvalue weighted by molar-refractivity contribution is 5.91. The van der Waals surface area contributed by atoms with Gasteiger partial charge in [-0.1, -0.05) is 105 Å². The van der Waals surface area contributed by atoms with E-state index < -0.39 is 0 Å². The molecule has 0 fully saturated rings. The lowest BCUT2D eigenvalue weighted by Crippen LogP contribution is -2.14. The number of hydrogen-bond donors (Lipinski definition) is 0. The first kappa shape index (κ1) is 26.8. The van der Waals surface area contributed by atoms with Gasteiger partial charge in [0.25, 0.3) is 0 Å². The van der Waals surface area contributed by atoms with Crippen molar-refractivity contribution in [1.29, 1.82) is 0 Å². The van der Waals surface area contributed by atoms with Crippen molar-refractivity contribution >= 4 is 0 Å². The molecule has 3 heterocycles. The van der Waals surface area contributed by atoms with Crippen LogP contribution >= 0.6 is 0 Å². The highest BCUT2D eigenvalue weighted by Crippen LogP contribution is 2.51. The molecule has 0 saturated carbocycles. The van der Waals surface area contributed by atoms with Crippen molar-refractivity contribution in [2.75, 3.05) is 0 Å². The number of rotatable bonds is 5. The number of hydrogen-bond acceptors (Lipinski definition) is 5. The van der Waals surface area contributed by atoms with Gasteiger partial charge in [0.05, 0.1) is 0 Å². The van der Waals surface area contributed by atoms with Gasteiger partial charge in [0.1, 0.15) is 0 Å². The number of nitrogens with zero attached hydrogens (tertiary/aromatic N) is 5. The normalized spacial score (nSPS) is 12.8. The van der Waals surface area contributed by atoms with Crippen LogP contribution in [0, 0.1) is 0 Å². The third-order valence-electron chi connectivity index (χ3n) is 8.72. The Bertz CT molecular complexity index is 2090. The quantitative estimate of drug-likeness (QED) is 0.203. The minimum Gasteiger partial charge on any atom is -0.264 e. The van der Waals surface area contributed by atoms with Crippen molar-refractivity contribution in [3.8, 4) is 67.5 Å². The first-order chi connectivity index (χ1) is 22.1. The SMILES string of the molecule is CC1(C)c2ccccc2-c2c(-c3nc(-c4cccc(-c5cccnc5)c4)nc(-c4cccc(-c5cccnc5)c4)n3)cccc21. The van der Waals surface area contributed by atoms with Gasteiger partial charge >= 0.3 is 0 Å². The van der Waals surface area contributed by atoms with Crippen LogP contribution in [0.25, 0.3) is 67.5 Å². The van der Waals surface area contributed by atoms with E-state index in [9.17, 15) is 0 Å². The average Bonchev–Trinajstić information content (AvgIpc) is 3.35. The molecule has 7 aromatic rings. The van der Waals surface area contributed by atoms with Crippen molar-refractivity contribution in [3.63, 3.8) is 0 Å². The Morgan fingerprint density at radius 3 is 1.51 bits per heavy atom. The molecule has 45 heavy (non-hydrogen) atoms. The Hall–Kier alpha value is -5.81. The third kappa shape index (κ3) is 4.70. The highest BCUT2D eigenvalue weighted by Gasteiger charge is 2.37. The maximum absolute atomic E-state index is 5.17. The summed E-state index contributed by atoms with van der Waals surface area (Å²) in [7, 11) is 0. The lowest BCUT2D eigenvalue weighted by Gasteiger charge is -2.21. The van der Waals surface area contributed by atoms with Crippen molar-refractivity contribution < 1.29 is 0 Å². The Morgan fingerprint density at radius 1 is 0.422 bits per heavy atom. The van der Waals surface area contributed by atoms with Crippen LogP contribution in [0.2, 0.25) is 0 Å². The van der Waals surface area contributed by atoms with Crippen LogP contribution in [0.3, 0.4) is 0 Å². The summed E-state index contributed by atoms with van der Waals surface area (Å²) in [5.74, 6) is 1.89. The molecule has 5 nitrogen and oxygen atoms in total. The molecule has 1 aliphatic carbocycles. The Kier molecular flexibility index (Phi) is 6.38. The van der Waals surface area contributed by atoms with Crippen molar-refractivity contribution in [2.24, 2.45) is 0 Å². The van der Waals surface area contributed by atoms with Crippen LogP contribution < -0.4 is 0 Å². The van der Waals surface area contributed by atoms with Crippen LogP contribution in [0.4, 0.5) is 0 Å². The van der Waals surface area contributed by atoms with Crippen LogP contribution in [0.1, 0.15) is 25.0 Å². The van der Waals surface area contributed by atoms with E-state index in [-0.39, 0.29) is 5.41 Å². The molecule has 3 aromatic heterocycles. The molecule has 0 radical (unpaired) electrons. The van der Waals surface area contributed by atoms with Crippen molar-refractivity contribution in [1.82, 2.24) is 24.9 Å². The molecule has 214 valence electrons. The number of pyridine rings is 2. The maximum Gasteiger partial charge on any atom is 0.164 e.